The molecule has 4 heteroatoms. The van der Waals surface area contributed by atoms with Gasteiger partial charge in [0, 0.05) is 24.7 Å². The van der Waals surface area contributed by atoms with Gasteiger partial charge in [-0.1, -0.05) is 36.4 Å². The van der Waals surface area contributed by atoms with Crippen LogP contribution in [0.3, 0.4) is 0 Å². The molecule has 0 atom stereocenters. The maximum Gasteiger partial charge on any atom is 0.274 e. The van der Waals surface area contributed by atoms with Gasteiger partial charge in [-0.3, -0.25) is 9.78 Å². The molecule has 0 radical (unpaired) electrons. The molecule has 116 valence electrons. The predicted octanol–water partition coefficient (Wildman–Crippen LogP) is 2.99. The molecule has 1 aliphatic carbocycles. The van der Waals surface area contributed by atoms with Gasteiger partial charge >= 0.3 is 0 Å². The molecule has 2 aliphatic rings. The maximum atomic E-state index is 12.6. The molecule has 2 heterocycles. The number of carbonyl (C=O) groups is 1. The van der Waals surface area contributed by atoms with Gasteiger partial charge < -0.3 is 4.90 Å². The molecule has 1 aromatic heterocycles. The van der Waals surface area contributed by atoms with Crippen LogP contribution in [0, 0.1) is 6.92 Å². The number of hydrogen-bond acceptors (Lipinski definition) is 3. The predicted molar refractivity (Wildman–Crippen MR) is 89.1 cm³/mol. The van der Waals surface area contributed by atoms with Crippen LogP contribution in [0.2, 0.25) is 0 Å². The molecule has 0 saturated carbocycles. The zero-order valence-electron chi connectivity index (χ0n) is 13.2. The minimum absolute atomic E-state index is 0.0115. The Morgan fingerprint density at radius 1 is 1.13 bits per heavy atom. The quantitative estimate of drug-likeness (QED) is 0.813. The number of amides is 1. The lowest BCUT2D eigenvalue weighted by atomic mass is 9.74. The SMILES string of the molecule is Cc1cnc(C(=O)N2CCC3(C=Cc4ccccc43)CC2)cn1. The molecule has 0 bridgehead atoms. The van der Waals surface area contributed by atoms with Crippen LogP contribution in [0.25, 0.3) is 6.08 Å². The Bertz CT molecular complexity index is 771. The lowest BCUT2D eigenvalue weighted by Crippen LogP contribution is -2.44. The van der Waals surface area contributed by atoms with Gasteiger partial charge in [-0.15, -0.1) is 0 Å². The molecular formula is C19H19N3O. The highest BCUT2D eigenvalue weighted by Gasteiger charge is 2.39. The highest BCUT2D eigenvalue weighted by molar-refractivity contribution is 5.92. The molecule has 1 aliphatic heterocycles. The zero-order chi connectivity index (χ0) is 15.9. The van der Waals surface area contributed by atoms with Crippen molar-refractivity contribution in [2.45, 2.75) is 25.2 Å². The van der Waals surface area contributed by atoms with Crippen LogP contribution >= 0.6 is 0 Å². The Morgan fingerprint density at radius 3 is 2.65 bits per heavy atom. The highest BCUT2D eigenvalue weighted by Crippen LogP contribution is 2.43. The molecule has 1 spiro atoms. The zero-order valence-corrected chi connectivity index (χ0v) is 13.2. The number of hydrogen-bond donors (Lipinski definition) is 0. The van der Waals surface area contributed by atoms with Gasteiger partial charge in [0.25, 0.3) is 5.91 Å². The number of aryl methyl sites for hydroxylation is 1. The van der Waals surface area contributed by atoms with E-state index in [1.165, 1.54) is 11.1 Å². The van der Waals surface area contributed by atoms with E-state index in [1.807, 2.05) is 11.8 Å². The number of allylic oxidation sites excluding steroid dienone is 1. The van der Waals surface area contributed by atoms with Crippen molar-refractivity contribution in [3.8, 4) is 0 Å². The average molecular weight is 305 g/mol. The third-order valence-corrected chi connectivity index (χ3v) is 5.02. The number of benzene rings is 1. The second kappa shape index (κ2) is 5.30. The minimum Gasteiger partial charge on any atom is -0.337 e. The van der Waals surface area contributed by atoms with Crippen molar-refractivity contribution >= 4 is 12.0 Å². The Kier molecular flexibility index (Phi) is 3.26. The number of nitrogens with zero attached hydrogens (tertiary/aromatic N) is 3. The normalized spacial score (nSPS) is 18.2. The first-order valence-electron chi connectivity index (χ1n) is 8.05. The molecule has 1 amide bonds. The van der Waals surface area contributed by atoms with Crippen molar-refractivity contribution in [2.24, 2.45) is 0 Å². The van der Waals surface area contributed by atoms with Crippen molar-refractivity contribution in [3.63, 3.8) is 0 Å². The first-order valence-corrected chi connectivity index (χ1v) is 8.05. The second-order valence-electron chi connectivity index (χ2n) is 6.41. The summed E-state index contributed by atoms with van der Waals surface area (Å²) in [5.74, 6) is -0.0115. The van der Waals surface area contributed by atoms with E-state index in [9.17, 15) is 4.79 Å². The smallest absolute Gasteiger partial charge is 0.274 e. The number of carbonyl (C=O) groups excluding carboxylic acids is 1. The van der Waals surface area contributed by atoms with Gasteiger partial charge in [-0.05, 0) is 30.9 Å². The fraction of sp³-hybridized carbons (Fsp3) is 0.316. The van der Waals surface area contributed by atoms with Gasteiger partial charge in [0.1, 0.15) is 5.69 Å². The average Bonchev–Trinajstić information content (AvgIpc) is 2.95. The van der Waals surface area contributed by atoms with Crippen molar-refractivity contribution in [2.75, 3.05) is 13.1 Å². The Balaban J connectivity index is 1.51. The third kappa shape index (κ3) is 2.34. The van der Waals surface area contributed by atoms with Gasteiger partial charge in [0.05, 0.1) is 11.9 Å². The van der Waals surface area contributed by atoms with Crippen LogP contribution in [0.15, 0.2) is 42.7 Å². The summed E-state index contributed by atoms with van der Waals surface area (Å²) >= 11 is 0. The van der Waals surface area contributed by atoms with E-state index in [0.717, 1.165) is 31.6 Å². The number of fused-ring (bicyclic) bond motifs is 2. The standard InChI is InChI=1S/C19H19N3O/c1-14-12-21-17(13-20-14)18(23)22-10-8-19(9-11-22)7-6-15-4-2-3-5-16(15)19/h2-7,12-13H,8-11H2,1H3. The molecule has 0 N–H and O–H groups in total. The summed E-state index contributed by atoms with van der Waals surface area (Å²) in [7, 11) is 0. The summed E-state index contributed by atoms with van der Waals surface area (Å²) in [6.45, 7) is 3.38. The van der Waals surface area contributed by atoms with Crippen LogP contribution in [-0.4, -0.2) is 33.9 Å². The molecule has 23 heavy (non-hydrogen) atoms. The van der Waals surface area contributed by atoms with Crippen LogP contribution in [0.5, 0.6) is 0 Å². The summed E-state index contributed by atoms with van der Waals surface area (Å²) in [4.78, 5) is 22.9. The van der Waals surface area contributed by atoms with E-state index < -0.39 is 0 Å². The van der Waals surface area contributed by atoms with Crippen LogP contribution in [0.1, 0.15) is 40.2 Å². The summed E-state index contributed by atoms with van der Waals surface area (Å²) in [6.07, 6.45) is 9.70. The Morgan fingerprint density at radius 2 is 1.91 bits per heavy atom. The first-order chi connectivity index (χ1) is 11.2. The van der Waals surface area contributed by atoms with Gasteiger partial charge in [0.2, 0.25) is 0 Å². The fourth-order valence-corrected chi connectivity index (χ4v) is 3.64. The summed E-state index contributed by atoms with van der Waals surface area (Å²) in [5.41, 5.74) is 4.09. The summed E-state index contributed by atoms with van der Waals surface area (Å²) in [5, 5.41) is 0. The fourth-order valence-electron chi connectivity index (χ4n) is 3.64. The first kappa shape index (κ1) is 14.1. The van der Waals surface area contributed by atoms with E-state index in [0.29, 0.717) is 5.69 Å². The van der Waals surface area contributed by atoms with E-state index in [1.54, 1.807) is 12.4 Å². The van der Waals surface area contributed by atoms with Crippen molar-refractivity contribution in [1.82, 2.24) is 14.9 Å². The van der Waals surface area contributed by atoms with Crippen molar-refractivity contribution in [3.05, 3.63) is 65.2 Å². The van der Waals surface area contributed by atoms with E-state index >= 15 is 0 Å². The monoisotopic (exact) mass is 305 g/mol. The molecule has 1 fully saturated rings. The van der Waals surface area contributed by atoms with E-state index in [2.05, 4.69) is 46.4 Å². The van der Waals surface area contributed by atoms with Gasteiger partial charge in [0.15, 0.2) is 0 Å². The number of likely N-dealkylation sites (tertiary alicyclic amines) is 1. The third-order valence-electron chi connectivity index (χ3n) is 5.02. The summed E-state index contributed by atoms with van der Waals surface area (Å²) in [6, 6.07) is 8.57. The molecule has 0 unspecified atom stereocenters. The number of piperidine rings is 1. The van der Waals surface area contributed by atoms with Crippen LogP contribution in [-0.2, 0) is 5.41 Å². The molecule has 4 nitrogen and oxygen atoms in total. The van der Waals surface area contributed by atoms with Gasteiger partial charge in [-0.2, -0.15) is 0 Å². The molecule has 4 rings (SSSR count). The highest BCUT2D eigenvalue weighted by atomic mass is 16.2. The number of rotatable bonds is 1. The molecule has 2 aromatic rings. The second-order valence-corrected chi connectivity index (χ2v) is 6.41. The topological polar surface area (TPSA) is 46.1 Å². The van der Waals surface area contributed by atoms with E-state index in [4.69, 9.17) is 0 Å². The van der Waals surface area contributed by atoms with E-state index in [-0.39, 0.29) is 11.3 Å². The lowest BCUT2D eigenvalue weighted by Gasteiger charge is -2.39. The van der Waals surface area contributed by atoms with Crippen molar-refractivity contribution < 1.29 is 4.79 Å². The summed E-state index contributed by atoms with van der Waals surface area (Å²) < 4.78 is 0. The molecule has 1 saturated heterocycles. The van der Waals surface area contributed by atoms with Gasteiger partial charge in [-0.25, -0.2) is 4.98 Å². The molecule has 1 aromatic carbocycles. The van der Waals surface area contributed by atoms with Crippen molar-refractivity contribution in [1.29, 1.82) is 0 Å². The van der Waals surface area contributed by atoms with Crippen LogP contribution < -0.4 is 0 Å². The Labute approximate surface area is 135 Å². The minimum atomic E-state index is -0.0115. The lowest BCUT2D eigenvalue weighted by molar-refractivity contribution is 0.0684. The molecular weight excluding hydrogens is 286 g/mol. The largest absolute Gasteiger partial charge is 0.337 e. The number of aromatic nitrogens is 2. The maximum absolute atomic E-state index is 12.6. The van der Waals surface area contributed by atoms with Crippen LogP contribution in [0.4, 0.5) is 0 Å². The Hall–Kier alpha value is -2.49.